The first-order valence-corrected chi connectivity index (χ1v) is 9.55. The average Bonchev–Trinajstić information content (AvgIpc) is 2.70. The average molecular weight is 417 g/mol. The van der Waals surface area contributed by atoms with E-state index in [2.05, 4.69) is 9.88 Å². The number of benzene rings is 1. The van der Waals surface area contributed by atoms with Gasteiger partial charge in [-0.25, -0.2) is 4.98 Å². The van der Waals surface area contributed by atoms with Gasteiger partial charge < -0.3 is 13.9 Å². The first kappa shape index (κ1) is 21.3. The van der Waals surface area contributed by atoms with Crippen LogP contribution >= 0.6 is 12.4 Å². The Balaban J connectivity index is 0.00000240. The van der Waals surface area contributed by atoms with Crippen LogP contribution in [0.25, 0.3) is 22.4 Å². The molecular formula is C22H25ClN2O4. The minimum Gasteiger partial charge on any atom is -0.492 e. The van der Waals surface area contributed by atoms with Crippen molar-refractivity contribution in [3.63, 3.8) is 0 Å². The number of hydrogen-bond acceptors (Lipinski definition) is 6. The normalized spacial score (nSPS) is 14.6. The fourth-order valence-electron chi connectivity index (χ4n) is 3.55. The van der Waals surface area contributed by atoms with Gasteiger partial charge in [-0.2, -0.15) is 0 Å². The third-order valence-corrected chi connectivity index (χ3v) is 5.01. The molecule has 1 aliphatic rings. The Bertz CT molecular complexity index is 1020. The maximum Gasteiger partial charge on any atom is 0.230 e. The summed E-state index contributed by atoms with van der Waals surface area (Å²) in [5.74, 6) is 1.40. The molecule has 0 amide bonds. The summed E-state index contributed by atoms with van der Waals surface area (Å²) >= 11 is 0. The van der Waals surface area contributed by atoms with Gasteiger partial charge in [0, 0.05) is 37.5 Å². The molecular weight excluding hydrogens is 392 g/mol. The standard InChI is InChI=1S/C22H24N2O4.ClH/c1-15-12-17(20-14-19(25)18-4-3-5-23-22(18)28-20)13-16(2)21(15)27-11-8-24-6-9-26-10-7-24;/h3-5,12-14H,6-11H2,1-2H3;1H. The van der Waals surface area contributed by atoms with Crippen molar-refractivity contribution in [1.82, 2.24) is 9.88 Å². The summed E-state index contributed by atoms with van der Waals surface area (Å²) in [6.45, 7) is 9.03. The second-order valence-corrected chi connectivity index (χ2v) is 7.07. The van der Waals surface area contributed by atoms with E-state index in [0.717, 1.165) is 55.3 Å². The molecule has 2 aromatic heterocycles. The smallest absolute Gasteiger partial charge is 0.230 e. The lowest BCUT2D eigenvalue weighted by molar-refractivity contribution is 0.0322. The van der Waals surface area contributed by atoms with Crippen LogP contribution in [0.2, 0.25) is 0 Å². The van der Waals surface area contributed by atoms with E-state index < -0.39 is 0 Å². The van der Waals surface area contributed by atoms with Crippen molar-refractivity contribution in [3.8, 4) is 17.1 Å². The molecule has 29 heavy (non-hydrogen) atoms. The second-order valence-electron chi connectivity index (χ2n) is 7.07. The molecule has 6 nitrogen and oxygen atoms in total. The first-order valence-electron chi connectivity index (χ1n) is 9.55. The number of hydrogen-bond donors (Lipinski definition) is 0. The SMILES string of the molecule is Cc1cc(-c2cc(=O)c3cccnc3o2)cc(C)c1OCCN1CCOCC1.Cl. The van der Waals surface area contributed by atoms with Gasteiger partial charge in [-0.05, 0) is 49.2 Å². The van der Waals surface area contributed by atoms with Gasteiger partial charge in [-0.15, -0.1) is 12.4 Å². The Morgan fingerprint density at radius 2 is 1.86 bits per heavy atom. The predicted octanol–water partition coefficient (Wildman–Crippen LogP) is 3.60. The van der Waals surface area contributed by atoms with E-state index in [-0.39, 0.29) is 17.8 Å². The number of nitrogens with zero attached hydrogens (tertiary/aromatic N) is 2. The van der Waals surface area contributed by atoms with Crippen LogP contribution in [0.1, 0.15) is 11.1 Å². The van der Waals surface area contributed by atoms with E-state index in [1.54, 1.807) is 18.3 Å². The zero-order valence-corrected chi connectivity index (χ0v) is 17.5. The van der Waals surface area contributed by atoms with E-state index in [9.17, 15) is 4.79 Å². The van der Waals surface area contributed by atoms with Crippen LogP contribution in [0.5, 0.6) is 5.75 Å². The Morgan fingerprint density at radius 3 is 2.59 bits per heavy atom. The molecule has 3 aromatic rings. The molecule has 4 rings (SSSR count). The lowest BCUT2D eigenvalue weighted by Crippen LogP contribution is -2.38. The number of aromatic nitrogens is 1. The highest BCUT2D eigenvalue weighted by Gasteiger charge is 2.14. The van der Waals surface area contributed by atoms with Crippen LogP contribution in [0.4, 0.5) is 0 Å². The summed E-state index contributed by atoms with van der Waals surface area (Å²) in [5, 5.41) is 0.489. The summed E-state index contributed by atoms with van der Waals surface area (Å²) < 4.78 is 17.3. The molecule has 154 valence electrons. The van der Waals surface area contributed by atoms with Crippen molar-refractivity contribution in [2.75, 3.05) is 39.5 Å². The Morgan fingerprint density at radius 1 is 1.14 bits per heavy atom. The Labute approximate surface area is 175 Å². The topological polar surface area (TPSA) is 64.8 Å². The summed E-state index contributed by atoms with van der Waals surface area (Å²) in [6.07, 6.45) is 1.62. The molecule has 3 heterocycles. The van der Waals surface area contributed by atoms with Crippen LogP contribution < -0.4 is 10.2 Å². The Hall–Kier alpha value is -2.41. The van der Waals surface area contributed by atoms with Crippen molar-refractivity contribution in [2.24, 2.45) is 0 Å². The highest BCUT2D eigenvalue weighted by atomic mass is 35.5. The quantitative estimate of drug-likeness (QED) is 0.633. The molecule has 1 aromatic carbocycles. The largest absolute Gasteiger partial charge is 0.492 e. The monoisotopic (exact) mass is 416 g/mol. The molecule has 0 radical (unpaired) electrons. The molecule has 0 aliphatic carbocycles. The van der Waals surface area contributed by atoms with Crippen LogP contribution in [0.3, 0.4) is 0 Å². The number of aryl methyl sites for hydroxylation is 2. The van der Waals surface area contributed by atoms with Crippen LogP contribution in [-0.2, 0) is 4.74 Å². The van der Waals surface area contributed by atoms with Gasteiger partial charge in [0.25, 0.3) is 0 Å². The third-order valence-electron chi connectivity index (χ3n) is 5.01. The van der Waals surface area contributed by atoms with Crippen molar-refractivity contribution in [2.45, 2.75) is 13.8 Å². The fraction of sp³-hybridized carbons (Fsp3) is 0.364. The molecule has 0 bridgehead atoms. The zero-order chi connectivity index (χ0) is 19.5. The van der Waals surface area contributed by atoms with Crippen molar-refractivity contribution in [3.05, 3.63) is 57.9 Å². The van der Waals surface area contributed by atoms with Crippen molar-refractivity contribution in [1.29, 1.82) is 0 Å². The first-order chi connectivity index (χ1) is 13.6. The van der Waals surface area contributed by atoms with Gasteiger partial charge in [0.05, 0.1) is 18.6 Å². The second kappa shape index (κ2) is 9.39. The number of rotatable bonds is 5. The van der Waals surface area contributed by atoms with Crippen molar-refractivity contribution >= 4 is 23.5 Å². The maximum atomic E-state index is 12.4. The maximum absolute atomic E-state index is 12.4. The van der Waals surface area contributed by atoms with E-state index >= 15 is 0 Å². The predicted molar refractivity (Wildman–Crippen MR) is 115 cm³/mol. The lowest BCUT2D eigenvalue weighted by atomic mass is 10.0. The summed E-state index contributed by atoms with van der Waals surface area (Å²) in [7, 11) is 0. The molecule has 1 fully saturated rings. The molecule has 1 saturated heterocycles. The molecule has 0 saturated carbocycles. The van der Waals surface area contributed by atoms with Gasteiger partial charge in [-0.1, -0.05) is 0 Å². The highest BCUT2D eigenvalue weighted by molar-refractivity contribution is 5.85. The van der Waals surface area contributed by atoms with Crippen molar-refractivity contribution < 1.29 is 13.9 Å². The number of halogens is 1. The minimum absolute atomic E-state index is 0. The van der Waals surface area contributed by atoms with E-state index in [4.69, 9.17) is 13.9 Å². The summed E-state index contributed by atoms with van der Waals surface area (Å²) in [6, 6.07) is 8.96. The molecule has 7 heteroatoms. The number of morpholine rings is 1. The molecule has 0 unspecified atom stereocenters. The third kappa shape index (κ3) is 4.78. The minimum atomic E-state index is -0.0921. The number of pyridine rings is 1. The fourth-order valence-corrected chi connectivity index (χ4v) is 3.55. The molecule has 1 aliphatic heterocycles. The summed E-state index contributed by atoms with van der Waals surface area (Å²) in [5.41, 5.74) is 3.14. The number of ether oxygens (including phenoxy) is 2. The van der Waals surface area contributed by atoms with Gasteiger partial charge in [-0.3, -0.25) is 9.69 Å². The van der Waals surface area contributed by atoms with E-state index in [1.807, 2.05) is 26.0 Å². The molecule has 0 spiro atoms. The van der Waals surface area contributed by atoms with E-state index in [0.29, 0.717) is 23.5 Å². The van der Waals surface area contributed by atoms with Gasteiger partial charge in [0.15, 0.2) is 5.43 Å². The van der Waals surface area contributed by atoms with Gasteiger partial charge >= 0.3 is 0 Å². The lowest BCUT2D eigenvalue weighted by Gasteiger charge is -2.26. The van der Waals surface area contributed by atoms with Crippen LogP contribution in [-0.4, -0.2) is 49.3 Å². The van der Waals surface area contributed by atoms with Crippen LogP contribution in [0, 0.1) is 13.8 Å². The summed E-state index contributed by atoms with van der Waals surface area (Å²) in [4.78, 5) is 18.9. The number of fused-ring (bicyclic) bond motifs is 1. The molecule has 0 atom stereocenters. The highest BCUT2D eigenvalue weighted by Crippen LogP contribution is 2.30. The van der Waals surface area contributed by atoms with Crippen LogP contribution in [0.15, 0.2) is 45.7 Å². The van der Waals surface area contributed by atoms with Gasteiger partial charge in [0.2, 0.25) is 5.71 Å². The van der Waals surface area contributed by atoms with E-state index in [1.165, 1.54) is 6.07 Å². The van der Waals surface area contributed by atoms with Gasteiger partial charge in [0.1, 0.15) is 18.1 Å². The molecule has 0 N–H and O–H groups in total. The Kier molecular flexibility index (Phi) is 6.90. The zero-order valence-electron chi connectivity index (χ0n) is 16.6.